The number of aryl methyl sites for hydroxylation is 1. The number of halogens is 1. The van der Waals surface area contributed by atoms with Crippen molar-refractivity contribution in [3.63, 3.8) is 0 Å². The summed E-state index contributed by atoms with van der Waals surface area (Å²) in [7, 11) is 0. The van der Waals surface area contributed by atoms with E-state index in [1.165, 1.54) is 0 Å². The summed E-state index contributed by atoms with van der Waals surface area (Å²) in [5, 5.41) is 1.60. The van der Waals surface area contributed by atoms with Crippen molar-refractivity contribution in [1.82, 2.24) is 4.98 Å². The molecule has 0 saturated carbocycles. The van der Waals surface area contributed by atoms with Gasteiger partial charge in [-0.1, -0.05) is 11.6 Å². The number of rotatable bonds is 4. The van der Waals surface area contributed by atoms with E-state index in [4.69, 9.17) is 16.3 Å². The van der Waals surface area contributed by atoms with Crippen molar-refractivity contribution in [2.45, 2.75) is 17.9 Å². The summed E-state index contributed by atoms with van der Waals surface area (Å²) in [6, 6.07) is 1.97. The second kappa shape index (κ2) is 5.55. The zero-order valence-electron chi connectivity index (χ0n) is 9.07. The molecule has 2 rings (SSSR count). The second-order valence-electron chi connectivity index (χ2n) is 3.46. The Morgan fingerprint density at radius 2 is 2.38 bits per heavy atom. The molecule has 1 aromatic heterocycles. The summed E-state index contributed by atoms with van der Waals surface area (Å²) in [5.74, 6) is 0.852. The molecular weight excluding hydrogens is 244 g/mol. The van der Waals surface area contributed by atoms with E-state index in [-0.39, 0.29) is 0 Å². The van der Waals surface area contributed by atoms with Gasteiger partial charge in [-0.3, -0.25) is 4.99 Å². The Balaban J connectivity index is 1.96. The zero-order valence-corrected chi connectivity index (χ0v) is 10.6. The van der Waals surface area contributed by atoms with Crippen LogP contribution in [0.3, 0.4) is 0 Å². The van der Waals surface area contributed by atoms with Gasteiger partial charge in [0, 0.05) is 12.6 Å². The van der Waals surface area contributed by atoms with E-state index in [9.17, 15) is 0 Å². The molecule has 0 N–H and O–H groups in total. The Morgan fingerprint density at radius 1 is 1.50 bits per heavy atom. The maximum atomic E-state index is 6.08. The van der Waals surface area contributed by atoms with Gasteiger partial charge in [0.2, 0.25) is 0 Å². The molecule has 1 aromatic rings. The number of hydrogen-bond donors (Lipinski definition) is 0. The van der Waals surface area contributed by atoms with Gasteiger partial charge in [0.15, 0.2) is 5.90 Å². The van der Waals surface area contributed by atoms with Crippen LogP contribution in [0.5, 0.6) is 0 Å². The first-order chi connectivity index (χ1) is 7.79. The predicted octanol–water partition coefficient (Wildman–Crippen LogP) is 2.82. The fraction of sp³-hybridized carbons (Fsp3) is 0.455. The number of aromatic nitrogens is 1. The van der Waals surface area contributed by atoms with Gasteiger partial charge in [0.25, 0.3) is 0 Å². The van der Waals surface area contributed by atoms with E-state index >= 15 is 0 Å². The maximum absolute atomic E-state index is 6.08. The monoisotopic (exact) mass is 256 g/mol. The number of pyridine rings is 1. The van der Waals surface area contributed by atoms with Crippen LogP contribution in [-0.4, -0.2) is 30.3 Å². The van der Waals surface area contributed by atoms with Crippen molar-refractivity contribution >= 4 is 29.3 Å². The van der Waals surface area contributed by atoms with E-state index < -0.39 is 0 Å². The predicted molar refractivity (Wildman–Crippen MR) is 67.6 cm³/mol. The number of hydrogen-bond acceptors (Lipinski definition) is 4. The van der Waals surface area contributed by atoms with Gasteiger partial charge in [-0.05, 0) is 24.3 Å². The van der Waals surface area contributed by atoms with Gasteiger partial charge in [0.1, 0.15) is 11.6 Å². The standard InChI is InChI=1S/C11H13ClN2OS/c1-16-11-9(12)6-8(7-14-11)2-3-10-13-4-5-15-10/h6-7H,2-5H2,1H3. The molecule has 0 atom stereocenters. The molecule has 0 spiro atoms. The fourth-order valence-electron chi connectivity index (χ4n) is 1.53. The minimum atomic E-state index is 0.722. The van der Waals surface area contributed by atoms with Crippen LogP contribution in [0.4, 0.5) is 0 Å². The molecule has 0 bridgehead atoms. The smallest absolute Gasteiger partial charge is 0.183 e. The molecule has 0 fully saturated rings. The highest BCUT2D eigenvalue weighted by atomic mass is 35.5. The second-order valence-corrected chi connectivity index (χ2v) is 4.66. The molecule has 0 aromatic carbocycles. The number of aliphatic imine (C=N–C) groups is 1. The molecule has 0 aliphatic carbocycles. The third-order valence-electron chi connectivity index (χ3n) is 2.33. The minimum absolute atomic E-state index is 0.722. The quantitative estimate of drug-likeness (QED) is 0.777. The molecule has 86 valence electrons. The first-order valence-electron chi connectivity index (χ1n) is 5.14. The van der Waals surface area contributed by atoms with E-state index in [0.29, 0.717) is 0 Å². The van der Waals surface area contributed by atoms with Crippen LogP contribution in [0.15, 0.2) is 22.3 Å². The molecule has 5 heteroatoms. The number of thioether (sulfide) groups is 1. The molecule has 3 nitrogen and oxygen atoms in total. The van der Waals surface area contributed by atoms with Gasteiger partial charge < -0.3 is 4.74 Å². The van der Waals surface area contributed by atoms with E-state index in [2.05, 4.69) is 9.98 Å². The van der Waals surface area contributed by atoms with Crippen LogP contribution in [0.2, 0.25) is 5.02 Å². The first-order valence-corrected chi connectivity index (χ1v) is 6.74. The van der Waals surface area contributed by atoms with Crippen molar-refractivity contribution in [1.29, 1.82) is 0 Å². The normalized spacial score (nSPS) is 14.8. The summed E-state index contributed by atoms with van der Waals surface area (Å²) >= 11 is 7.64. The molecule has 16 heavy (non-hydrogen) atoms. The highest BCUT2D eigenvalue weighted by molar-refractivity contribution is 7.98. The lowest BCUT2D eigenvalue weighted by molar-refractivity contribution is 0.338. The summed E-state index contributed by atoms with van der Waals surface area (Å²) in [6.07, 6.45) is 5.54. The van der Waals surface area contributed by atoms with E-state index in [1.54, 1.807) is 11.8 Å². The average Bonchev–Trinajstić information content (AvgIpc) is 2.79. The maximum Gasteiger partial charge on any atom is 0.183 e. The number of ether oxygens (including phenoxy) is 1. The van der Waals surface area contributed by atoms with Gasteiger partial charge in [-0.15, -0.1) is 11.8 Å². The Hall–Kier alpha value is -0.740. The Labute approximate surface area is 104 Å². The van der Waals surface area contributed by atoms with Crippen molar-refractivity contribution in [3.8, 4) is 0 Å². The van der Waals surface area contributed by atoms with Gasteiger partial charge in [-0.2, -0.15) is 0 Å². The van der Waals surface area contributed by atoms with Gasteiger partial charge in [-0.25, -0.2) is 4.98 Å². The molecule has 1 aliphatic rings. The van der Waals surface area contributed by atoms with E-state index in [0.717, 1.165) is 47.5 Å². The zero-order chi connectivity index (χ0) is 11.4. The summed E-state index contributed by atoms with van der Waals surface area (Å²) in [6.45, 7) is 1.51. The first kappa shape index (κ1) is 11.7. The van der Waals surface area contributed by atoms with Gasteiger partial charge in [0.05, 0.1) is 11.6 Å². The van der Waals surface area contributed by atoms with Crippen molar-refractivity contribution < 1.29 is 4.74 Å². The summed E-state index contributed by atoms with van der Waals surface area (Å²) in [5.41, 5.74) is 1.13. The van der Waals surface area contributed by atoms with Crippen LogP contribution in [0.1, 0.15) is 12.0 Å². The van der Waals surface area contributed by atoms with Crippen LogP contribution in [-0.2, 0) is 11.2 Å². The number of nitrogens with zero attached hydrogens (tertiary/aromatic N) is 2. The van der Waals surface area contributed by atoms with Crippen LogP contribution >= 0.6 is 23.4 Å². The summed E-state index contributed by atoms with van der Waals surface area (Å²) in [4.78, 5) is 8.54. The lowest BCUT2D eigenvalue weighted by Gasteiger charge is -2.04. The molecule has 0 saturated heterocycles. The van der Waals surface area contributed by atoms with Crippen molar-refractivity contribution in [3.05, 3.63) is 22.8 Å². The molecule has 1 aliphatic heterocycles. The highest BCUT2D eigenvalue weighted by Crippen LogP contribution is 2.23. The van der Waals surface area contributed by atoms with Crippen LogP contribution in [0, 0.1) is 0 Å². The Bertz CT molecular complexity index is 409. The molecule has 0 amide bonds. The Morgan fingerprint density at radius 3 is 3.00 bits per heavy atom. The topological polar surface area (TPSA) is 34.5 Å². The van der Waals surface area contributed by atoms with Gasteiger partial charge >= 0.3 is 0 Å². The van der Waals surface area contributed by atoms with E-state index in [1.807, 2.05) is 18.5 Å². The third kappa shape index (κ3) is 2.89. The third-order valence-corrected chi connectivity index (χ3v) is 3.45. The molecule has 0 radical (unpaired) electrons. The molecular formula is C11H13ClN2OS. The molecule has 2 heterocycles. The molecule has 0 unspecified atom stereocenters. The van der Waals surface area contributed by atoms with Crippen LogP contribution in [0.25, 0.3) is 0 Å². The summed E-state index contributed by atoms with van der Waals surface area (Å²) < 4.78 is 5.34. The van der Waals surface area contributed by atoms with Crippen molar-refractivity contribution in [2.24, 2.45) is 4.99 Å². The fourth-order valence-corrected chi connectivity index (χ4v) is 2.37. The Kier molecular flexibility index (Phi) is 4.07. The van der Waals surface area contributed by atoms with Crippen molar-refractivity contribution in [2.75, 3.05) is 19.4 Å². The highest BCUT2D eigenvalue weighted by Gasteiger charge is 2.08. The average molecular weight is 257 g/mol. The SMILES string of the molecule is CSc1ncc(CCC2=NCCO2)cc1Cl. The minimum Gasteiger partial charge on any atom is -0.479 e. The largest absolute Gasteiger partial charge is 0.479 e. The lowest BCUT2D eigenvalue weighted by Crippen LogP contribution is -2.01. The van der Waals surface area contributed by atoms with Crippen LogP contribution < -0.4 is 0 Å². The lowest BCUT2D eigenvalue weighted by atomic mass is 10.1.